The largest absolute Gasteiger partial charge is 0.497 e. The maximum Gasteiger partial charge on any atom is 0.262 e. The predicted molar refractivity (Wildman–Crippen MR) is 98.0 cm³/mol. The van der Waals surface area contributed by atoms with E-state index < -0.39 is 0 Å². The van der Waals surface area contributed by atoms with Crippen LogP contribution in [0, 0.1) is 0 Å². The summed E-state index contributed by atoms with van der Waals surface area (Å²) in [6.45, 7) is 0. The van der Waals surface area contributed by atoms with Crippen molar-refractivity contribution in [3.8, 4) is 22.9 Å². The summed E-state index contributed by atoms with van der Waals surface area (Å²) in [6, 6.07) is 11.1. The zero-order valence-corrected chi connectivity index (χ0v) is 14.4. The molecule has 0 aliphatic carbocycles. The number of hydrogen-bond acceptors (Lipinski definition) is 6. The number of nitrogens with zero attached hydrogens (tertiary/aromatic N) is 1. The second-order valence-electron chi connectivity index (χ2n) is 5.02. The molecular weight excluding hydrogens is 326 g/mol. The van der Waals surface area contributed by atoms with Crippen molar-refractivity contribution in [2.45, 2.75) is 0 Å². The topological polar surface area (TPSA) is 76.2 Å². The molecule has 0 radical (unpaired) electrons. The molecule has 2 N–H and O–H groups in total. The fourth-order valence-electron chi connectivity index (χ4n) is 2.44. The van der Waals surface area contributed by atoms with Gasteiger partial charge in [0.15, 0.2) is 0 Å². The Hall–Kier alpha value is -2.67. The lowest BCUT2D eigenvalue weighted by molar-refractivity contribution is 0.397. The van der Waals surface area contributed by atoms with E-state index in [0.29, 0.717) is 28.2 Å². The number of aromatic amines is 1. The average molecular weight is 343 g/mol. The molecule has 1 aromatic heterocycles. The standard InChI is InChI=1S/C17H17N3O3S/c1-22-12-8-13-15(14(9-12)23-2)17(21)19-16(18-13)10-4-6-11(7-5-10)20-24-3/h4-9,20H,1-3H3,(H,18,19,21). The lowest BCUT2D eigenvalue weighted by Crippen LogP contribution is -2.11. The number of benzene rings is 2. The van der Waals surface area contributed by atoms with Crippen LogP contribution in [-0.2, 0) is 0 Å². The molecule has 7 heteroatoms. The maximum absolute atomic E-state index is 12.5. The van der Waals surface area contributed by atoms with Crippen LogP contribution in [0.15, 0.2) is 41.2 Å². The van der Waals surface area contributed by atoms with Gasteiger partial charge in [0.25, 0.3) is 5.56 Å². The van der Waals surface area contributed by atoms with Crippen LogP contribution in [0.1, 0.15) is 0 Å². The van der Waals surface area contributed by atoms with Crippen molar-refractivity contribution in [1.82, 2.24) is 9.97 Å². The number of methoxy groups -OCH3 is 2. The van der Waals surface area contributed by atoms with E-state index in [9.17, 15) is 4.79 Å². The third-order valence-electron chi connectivity index (χ3n) is 3.58. The van der Waals surface area contributed by atoms with Crippen LogP contribution >= 0.6 is 11.9 Å². The highest BCUT2D eigenvalue weighted by Crippen LogP contribution is 2.29. The van der Waals surface area contributed by atoms with E-state index in [0.717, 1.165) is 11.3 Å². The first-order valence-corrected chi connectivity index (χ1v) is 8.44. The van der Waals surface area contributed by atoms with E-state index in [1.165, 1.54) is 19.1 Å². The fraction of sp³-hybridized carbons (Fsp3) is 0.176. The van der Waals surface area contributed by atoms with Crippen LogP contribution < -0.4 is 19.8 Å². The van der Waals surface area contributed by atoms with Crippen molar-refractivity contribution < 1.29 is 9.47 Å². The van der Waals surface area contributed by atoms with Crippen molar-refractivity contribution >= 4 is 28.5 Å². The number of fused-ring (bicyclic) bond motifs is 1. The zero-order valence-electron chi connectivity index (χ0n) is 13.5. The third kappa shape index (κ3) is 3.03. The van der Waals surface area contributed by atoms with Crippen molar-refractivity contribution in [3.05, 3.63) is 46.8 Å². The Kier molecular flexibility index (Phi) is 4.61. The van der Waals surface area contributed by atoms with Gasteiger partial charge in [0.2, 0.25) is 0 Å². The number of anilines is 1. The van der Waals surface area contributed by atoms with Crippen molar-refractivity contribution in [2.75, 3.05) is 25.2 Å². The quantitative estimate of drug-likeness (QED) is 0.692. The molecule has 124 valence electrons. The third-order valence-corrected chi connectivity index (χ3v) is 4.02. The molecule has 0 atom stereocenters. The molecule has 3 rings (SSSR count). The smallest absolute Gasteiger partial charge is 0.262 e. The Morgan fingerprint density at radius 1 is 1.12 bits per heavy atom. The van der Waals surface area contributed by atoms with Gasteiger partial charge in [-0.1, -0.05) is 11.9 Å². The minimum Gasteiger partial charge on any atom is -0.497 e. The highest BCUT2D eigenvalue weighted by Gasteiger charge is 2.13. The minimum absolute atomic E-state index is 0.249. The molecule has 0 saturated heterocycles. The highest BCUT2D eigenvalue weighted by atomic mass is 32.2. The van der Waals surface area contributed by atoms with Gasteiger partial charge in [0.05, 0.1) is 19.7 Å². The summed E-state index contributed by atoms with van der Waals surface area (Å²) in [5.74, 6) is 1.52. The predicted octanol–water partition coefficient (Wildman–Crippen LogP) is 3.30. The Labute approximate surface area is 143 Å². The van der Waals surface area contributed by atoms with Gasteiger partial charge in [-0.15, -0.1) is 0 Å². The van der Waals surface area contributed by atoms with Gasteiger partial charge in [-0.2, -0.15) is 0 Å². The van der Waals surface area contributed by atoms with Gasteiger partial charge < -0.3 is 19.2 Å². The van der Waals surface area contributed by atoms with Crippen molar-refractivity contribution in [2.24, 2.45) is 0 Å². The number of hydrogen-bond donors (Lipinski definition) is 2. The molecule has 6 nitrogen and oxygen atoms in total. The SMILES string of the molecule is COc1cc(OC)c2c(=O)[nH]c(-c3ccc(NSC)cc3)nc2c1. The molecule has 24 heavy (non-hydrogen) atoms. The van der Waals surface area contributed by atoms with E-state index in [1.54, 1.807) is 19.2 Å². The van der Waals surface area contributed by atoms with Gasteiger partial charge >= 0.3 is 0 Å². The van der Waals surface area contributed by atoms with E-state index in [-0.39, 0.29) is 5.56 Å². The Morgan fingerprint density at radius 3 is 2.50 bits per heavy atom. The summed E-state index contributed by atoms with van der Waals surface area (Å²) < 4.78 is 13.7. The van der Waals surface area contributed by atoms with E-state index in [2.05, 4.69) is 14.7 Å². The van der Waals surface area contributed by atoms with E-state index in [4.69, 9.17) is 9.47 Å². The maximum atomic E-state index is 12.5. The van der Waals surface area contributed by atoms with Gasteiger partial charge in [-0.3, -0.25) is 4.79 Å². The summed E-state index contributed by atoms with van der Waals surface area (Å²) in [5.41, 5.74) is 2.08. The monoisotopic (exact) mass is 343 g/mol. The normalized spacial score (nSPS) is 10.6. The molecular formula is C17H17N3O3S. The Bertz CT molecular complexity index is 923. The first-order valence-electron chi connectivity index (χ1n) is 7.21. The molecule has 0 unspecified atom stereocenters. The van der Waals surface area contributed by atoms with E-state index >= 15 is 0 Å². The van der Waals surface area contributed by atoms with Gasteiger partial charge in [-0.25, -0.2) is 4.98 Å². The number of rotatable bonds is 5. The zero-order chi connectivity index (χ0) is 17.1. The average Bonchev–Trinajstić information content (AvgIpc) is 2.61. The van der Waals surface area contributed by atoms with Crippen LogP contribution in [-0.4, -0.2) is 30.4 Å². The van der Waals surface area contributed by atoms with Crippen LogP contribution in [0.5, 0.6) is 11.5 Å². The minimum atomic E-state index is -0.249. The van der Waals surface area contributed by atoms with Crippen molar-refractivity contribution in [1.29, 1.82) is 0 Å². The van der Waals surface area contributed by atoms with E-state index in [1.807, 2.05) is 30.5 Å². The first-order chi connectivity index (χ1) is 11.7. The molecule has 3 aromatic rings. The second kappa shape index (κ2) is 6.84. The molecule has 0 bridgehead atoms. The van der Waals surface area contributed by atoms with Crippen LogP contribution in [0.25, 0.3) is 22.3 Å². The molecule has 0 aliphatic heterocycles. The fourth-order valence-corrected chi connectivity index (χ4v) is 2.81. The summed E-state index contributed by atoms with van der Waals surface area (Å²) in [6.07, 6.45) is 1.96. The molecule has 0 amide bonds. The molecule has 0 aliphatic rings. The highest BCUT2D eigenvalue weighted by molar-refractivity contribution is 7.99. The first kappa shape index (κ1) is 16.2. The molecule has 2 aromatic carbocycles. The number of aromatic nitrogens is 2. The van der Waals surface area contributed by atoms with Crippen LogP contribution in [0.4, 0.5) is 5.69 Å². The van der Waals surface area contributed by atoms with Gasteiger partial charge in [0, 0.05) is 29.6 Å². The molecule has 0 spiro atoms. The molecule has 0 fully saturated rings. The number of H-pyrrole nitrogens is 1. The summed E-state index contributed by atoms with van der Waals surface area (Å²) in [5, 5.41) is 0.405. The summed E-state index contributed by atoms with van der Waals surface area (Å²) in [4.78, 5) is 19.9. The van der Waals surface area contributed by atoms with Gasteiger partial charge in [0.1, 0.15) is 22.7 Å². The van der Waals surface area contributed by atoms with Gasteiger partial charge in [-0.05, 0) is 24.3 Å². The Morgan fingerprint density at radius 2 is 1.88 bits per heavy atom. The summed E-state index contributed by atoms with van der Waals surface area (Å²) in [7, 11) is 3.07. The lowest BCUT2D eigenvalue weighted by Gasteiger charge is -2.09. The lowest BCUT2D eigenvalue weighted by atomic mass is 10.1. The second-order valence-corrected chi connectivity index (χ2v) is 5.63. The summed E-state index contributed by atoms with van der Waals surface area (Å²) >= 11 is 1.52. The molecule has 0 saturated carbocycles. The Balaban J connectivity index is 2.14. The number of ether oxygens (including phenoxy) is 2. The van der Waals surface area contributed by atoms with Crippen molar-refractivity contribution in [3.63, 3.8) is 0 Å². The van der Waals surface area contributed by atoms with Crippen LogP contribution in [0.3, 0.4) is 0 Å². The van der Waals surface area contributed by atoms with Crippen LogP contribution in [0.2, 0.25) is 0 Å². The number of nitrogens with one attached hydrogen (secondary N) is 2. The molecule has 1 heterocycles.